The van der Waals surface area contributed by atoms with E-state index >= 15 is 0 Å². The van der Waals surface area contributed by atoms with Gasteiger partial charge in [-0.25, -0.2) is 0 Å². The molecular weight excluding hydrogens is 142 g/mol. The highest BCUT2D eigenvalue weighted by Gasteiger charge is 2.23. The van der Waals surface area contributed by atoms with Crippen LogP contribution in [0.3, 0.4) is 0 Å². The van der Waals surface area contributed by atoms with Crippen molar-refractivity contribution < 1.29 is 10.2 Å². The molecule has 0 aliphatic heterocycles. The van der Waals surface area contributed by atoms with Gasteiger partial charge in [-0.1, -0.05) is 0 Å². The Bertz CT molecular complexity index is 121. The van der Waals surface area contributed by atoms with Crippen molar-refractivity contribution >= 4 is 0 Å². The van der Waals surface area contributed by atoms with Crippen LogP contribution >= 0.6 is 0 Å². The van der Waals surface area contributed by atoms with Crippen LogP contribution in [0.15, 0.2) is 0 Å². The van der Waals surface area contributed by atoms with Gasteiger partial charge in [-0.3, -0.25) is 0 Å². The molecule has 3 nitrogen and oxygen atoms in total. The lowest BCUT2D eigenvalue weighted by Gasteiger charge is -2.20. The summed E-state index contributed by atoms with van der Waals surface area (Å²) in [7, 11) is 0. The van der Waals surface area contributed by atoms with E-state index in [9.17, 15) is 5.11 Å². The van der Waals surface area contributed by atoms with E-state index < -0.39 is 5.60 Å². The lowest BCUT2D eigenvalue weighted by atomic mass is 10.1. The van der Waals surface area contributed by atoms with E-state index in [0.29, 0.717) is 6.54 Å². The van der Waals surface area contributed by atoms with Crippen molar-refractivity contribution in [2.45, 2.75) is 25.4 Å². The summed E-state index contributed by atoms with van der Waals surface area (Å²) in [6.45, 7) is 2.92. The molecule has 1 unspecified atom stereocenters. The quantitative estimate of drug-likeness (QED) is 0.517. The number of hydrogen-bond acceptors (Lipinski definition) is 3. The number of hydrogen-bond donors (Lipinski definition) is 3. The van der Waals surface area contributed by atoms with Crippen LogP contribution in [-0.2, 0) is 0 Å². The van der Waals surface area contributed by atoms with Crippen molar-refractivity contribution in [2.24, 2.45) is 5.92 Å². The van der Waals surface area contributed by atoms with Crippen molar-refractivity contribution in [2.75, 3.05) is 19.7 Å². The third-order valence-electron chi connectivity index (χ3n) is 1.98. The molecule has 0 spiro atoms. The van der Waals surface area contributed by atoms with Gasteiger partial charge in [-0.05, 0) is 32.2 Å². The molecule has 3 heteroatoms. The molecule has 1 saturated carbocycles. The third-order valence-corrected chi connectivity index (χ3v) is 1.98. The molecule has 0 aromatic heterocycles. The Hall–Kier alpha value is -0.120. The van der Waals surface area contributed by atoms with Gasteiger partial charge in [0, 0.05) is 6.54 Å². The molecule has 0 amide bonds. The maximum atomic E-state index is 9.34. The predicted octanol–water partition coefficient (Wildman–Crippen LogP) is -0.271. The predicted molar refractivity (Wildman–Crippen MR) is 43.3 cm³/mol. The number of nitrogens with one attached hydrogen (secondary N) is 1. The molecule has 1 atom stereocenters. The smallest absolute Gasteiger partial charge is 0.0972 e. The van der Waals surface area contributed by atoms with Gasteiger partial charge in [-0.2, -0.15) is 0 Å². The van der Waals surface area contributed by atoms with Gasteiger partial charge in [0.25, 0.3) is 0 Å². The van der Waals surface area contributed by atoms with Crippen LogP contribution in [0.4, 0.5) is 0 Å². The highest BCUT2D eigenvalue weighted by molar-refractivity contribution is 4.79. The second-order valence-corrected chi connectivity index (χ2v) is 3.73. The van der Waals surface area contributed by atoms with E-state index in [1.54, 1.807) is 6.92 Å². The molecule has 11 heavy (non-hydrogen) atoms. The summed E-state index contributed by atoms with van der Waals surface area (Å²) in [6.07, 6.45) is 2.63. The van der Waals surface area contributed by atoms with E-state index in [1.165, 1.54) is 12.8 Å². The van der Waals surface area contributed by atoms with Crippen LogP contribution < -0.4 is 5.32 Å². The summed E-state index contributed by atoms with van der Waals surface area (Å²) in [5.41, 5.74) is -0.950. The van der Waals surface area contributed by atoms with Crippen molar-refractivity contribution in [3.63, 3.8) is 0 Å². The van der Waals surface area contributed by atoms with Gasteiger partial charge in [0.2, 0.25) is 0 Å². The first-order chi connectivity index (χ1) is 5.14. The molecule has 66 valence electrons. The zero-order valence-corrected chi connectivity index (χ0v) is 7.01. The zero-order valence-electron chi connectivity index (χ0n) is 7.01. The van der Waals surface area contributed by atoms with Crippen LogP contribution in [-0.4, -0.2) is 35.5 Å². The van der Waals surface area contributed by atoms with Gasteiger partial charge in [0.05, 0.1) is 12.2 Å². The molecule has 0 heterocycles. The highest BCUT2D eigenvalue weighted by Crippen LogP contribution is 2.27. The molecule has 0 aromatic rings. The average molecular weight is 159 g/mol. The van der Waals surface area contributed by atoms with Gasteiger partial charge in [0.1, 0.15) is 0 Å². The Morgan fingerprint density at radius 3 is 2.64 bits per heavy atom. The van der Waals surface area contributed by atoms with E-state index in [4.69, 9.17) is 5.11 Å². The molecule has 1 aliphatic carbocycles. The van der Waals surface area contributed by atoms with Crippen molar-refractivity contribution in [1.29, 1.82) is 0 Å². The first-order valence-electron chi connectivity index (χ1n) is 4.18. The molecule has 0 bridgehead atoms. The minimum absolute atomic E-state index is 0.176. The van der Waals surface area contributed by atoms with Gasteiger partial charge < -0.3 is 15.5 Å². The van der Waals surface area contributed by atoms with Crippen molar-refractivity contribution in [3.05, 3.63) is 0 Å². The summed E-state index contributed by atoms with van der Waals surface area (Å²) < 4.78 is 0. The van der Waals surface area contributed by atoms with E-state index in [2.05, 4.69) is 5.32 Å². The number of aliphatic hydroxyl groups is 2. The number of rotatable bonds is 5. The van der Waals surface area contributed by atoms with Crippen molar-refractivity contribution in [1.82, 2.24) is 5.32 Å². The molecule has 1 fully saturated rings. The SMILES string of the molecule is CC(O)(CO)CNCC1CC1. The lowest BCUT2D eigenvalue weighted by Crippen LogP contribution is -2.41. The summed E-state index contributed by atoms with van der Waals surface area (Å²) >= 11 is 0. The summed E-state index contributed by atoms with van der Waals surface area (Å²) in [5, 5.41) is 21.2. The molecule has 0 saturated heterocycles. The monoisotopic (exact) mass is 159 g/mol. The Kier molecular flexibility index (Phi) is 2.87. The Balaban J connectivity index is 1.99. The van der Waals surface area contributed by atoms with Crippen molar-refractivity contribution in [3.8, 4) is 0 Å². The van der Waals surface area contributed by atoms with Crippen LogP contribution in [0, 0.1) is 5.92 Å². The average Bonchev–Trinajstić information content (AvgIpc) is 2.71. The highest BCUT2D eigenvalue weighted by atomic mass is 16.3. The fourth-order valence-electron chi connectivity index (χ4n) is 0.923. The Morgan fingerprint density at radius 1 is 1.55 bits per heavy atom. The molecule has 0 radical (unpaired) electrons. The maximum Gasteiger partial charge on any atom is 0.0972 e. The zero-order chi connectivity index (χ0) is 8.32. The summed E-state index contributed by atoms with van der Waals surface area (Å²) in [4.78, 5) is 0. The standard InChI is InChI=1S/C8H17NO2/c1-8(11,6-10)5-9-4-7-2-3-7/h7,9-11H,2-6H2,1H3. The molecule has 3 N–H and O–H groups in total. The molecule has 0 aromatic carbocycles. The summed E-state index contributed by atoms with van der Waals surface area (Å²) in [5.74, 6) is 0.824. The van der Waals surface area contributed by atoms with Gasteiger partial charge in [-0.15, -0.1) is 0 Å². The van der Waals surface area contributed by atoms with Crippen LogP contribution in [0.5, 0.6) is 0 Å². The molecular formula is C8H17NO2. The fourth-order valence-corrected chi connectivity index (χ4v) is 0.923. The van der Waals surface area contributed by atoms with Crippen LogP contribution in [0.1, 0.15) is 19.8 Å². The van der Waals surface area contributed by atoms with Crippen LogP contribution in [0.2, 0.25) is 0 Å². The number of aliphatic hydroxyl groups excluding tert-OH is 1. The first-order valence-corrected chi connectivity index (χ1v) is 4.18. The van der Waals surface area contributed by atoms with Gasteiger partial charge in [0.15, 0.2) is 0 Å². The second-order valence-electron chi connectivity index (χ2n) is 3.73. The minimum Gasteiger partial charge on any atom is -0.393 e. The largest absolute Gasteiger partial charge is 0.393 e. The third kappa shape index (κ3) is 3.70. The van der Waals surface area contributed by atoms with Gasteiger partial charge >= 0.3 is 0 Å². The fraction of sp³-hybridized carbons (Fsp3) is 1.00. The van der Waals surface area contributed by atoms with Crippen LogP contribution in [0.25, 0.3) is 0 Å². The molecule has 1 aliphatic rings. The first kappa shape index (κ1) is 8.97. The lowest BCUT2D eigenvalue weighted by molar-refractivity contribution is 0.00273. The maximum absolute atomic E-state index is 9.34. The second kappa shape index (κ2) is 3.52. The molecule has 1 rings (SSSR count). The Labute approximate surface area is 67.4 Å². The van der Waals surface area contributed by atoms with E-state index in [-0.39, 0.29) is 6.61 Å². The minimum atomic E-state index is -0.950. The van der Waals surface area contributed by atoms with E-state index in [0.717, 1.165) is 12.5 Å². The summed E-state index contributed by atoms with van der Waals surface area (Å²) in [6, 6.07) is 0. The topological polar surface area (TPSA) is 52.5 Å². The van der Waals surface area contributed by atoms with E-state index in [1.807, 2.05) is 0 Å². The Morgan fingerprint density at radius 2 is 2.18 bits per heavy atom. The normalized spacial score (nSPS) is 23.2.